The molecule has 3 nitrogen and oxygen atoms in total. The molecule has 0 fully saturated rings. The number of nitrogens with two attached hydrogens (primary N) is 1. The lowest BCUT2D eigenvalue weighted by molar-refractivity contribution is -0.123. The third-order valence-electron chi connectivity index (χ3n) is 2.13. The van der Waals surface area contributed by atoms with Crippen LogP contribution < -0.4 is 11.1 Å². The molecule has 0 saturated carbocycles. The second-order valence-corrected chi connectivity index (χ2v) is 3.67. The van der Waals surface area contributed by atoms with Gasteiger partial charge in [-0.15, -0.1) is 6.58 Å². The van der Waals surface area contributed by atoms with E-state index in [2.05, 4.69) is 25.7 Å². The van der Waals surface area contributed by atoms with Crippen molar-refractivity contribution in [3.05, 3.63) is 12.7 Å². The molecule has 0 aromatic carbocycles. The maximum absolute atomic E-state index is 11.4. The maximum atomic E-state index is 11.4. The fourth-order valence-electron chi connectivity index (χ4n) is 0.785. The van der Waals surface area contributed by atoms with Crippen molar-refractivity contribution < 1.29 is 4.79 Å². The fraction of sp³-hybridized carbons (Fsp3) is 0.700. The first-order chi connectivity index (χ1) is 5.99. The van der Waals surface area contributed by atoms with E-state index in [4.69, 9.17) is 5.73 Å². The zero-order valence-corrected chi connectivity index (χ0v) is 8.71. The van der Waals surface area contributed by atoms with Crippen LogP contribution in [0.15, 0.2) is 12.7 Å². The average Bonchev–Trinajstić information content (AvgIpc) is 2.04. The van der Waals surface area contributed by atoms with E-state index in [1.165, 1.54) is 0 Å². The molecule has 13 heavy (non-hydrogen) atoms. The molecule has 0 spiro atoms. The minimum atomic E-state index is -0.460. The molecule has 3 heteroatoms. The Morgan fingerprint density at radius 3 is 2.46 bits per heavy atom. The van der Waals surface area contributed by atoms with Crippen LogP contribution in [0, 0.1) is 5.92 Å². The van der Waals surface area contributed by atoms with E-state index < -0.39 is 6.04 Å². The predicted octanol–water partition coefficient (Wildman–Crippen LogP) is 1.05. The number of amides is 1. The third-order valence-corrected chi connectivity index (χ3v) is 2.13. The van der Waals surface area contributed by atoms with Crippen molar-refractivity contribution in [2.24, 2.45) is 11.7 Å². The summed E-state index contributed by atoms with van der Waals surface area (Å²) in [5, 5.41) is 2.85. The molecule has 0 aliphatic rings. The second-order valence-electron chi connectivity index (χ2n) is 3.67. The topological polar surface area (TPSA) is 55.1 Å². The summed E-state index contributed by atoms with van der Waals surface area (Å²) in [4.78, 5) is 11.4. The SMILES string of the molecule is C=CCC(N)C(=O)NC(C)C(C)C. The molecule has 0 heterocycles. The molecular formula is C10H20N2O. The Morgan fingerprint density at radius 2 is 2.08 bits per heavy atom. The highest BCUT2D eigenvalue weighted by Gasteiger charge is 2.15. The first kappa shape index (κ1) is 12.2. The lowest BCUT2D eigenvalue weighted by Crippen LogP contribution is -2.45. The summed E-state index contributed by atoms with van der Waals surface area (Å²) in [7, 11) is 0. The molecule has 0 rings (SSSR count). The number of carbonyl (C=O) groups is 1. The van der Waals surface area contributed by atoms with Gasteiger partial charge in [-0.1, -0.05) is 19.9 Å². The van der Waals surface area contributed by atoms with Crippen LogP contribution in [0.4, 0.5) is 0 Å². The Labute approximate surface area is 80.4 Å². The summed E-state index contributed by atoms with van der Waals surface area (Å²) >= 11 is 0. The van der Waals surface area contributed by atoms with Crippen LogP contribution in [0.1, 0.15) is 27.2 Å². The van der Waals surface area contributed by atoms with Crippen LogP contribution >= 0.6 is 0 Å². The first-order valence-electron chi connectivity index (χ1n) is 4.65. The number of carbonyl (C=O) groups excluding carboxylic acids is 1. The number of hydrogen-bond donors (Lipinski definition) is 2. The molecule has 2 atom stereocenters. The van der Waals surface area contributed by atoms with Crippen molar-refractivity contribution in [3.63, 3.8) is 0 Å². The summed E-state index contributed by atoms with van der Waals surface area (Å²) in [6, 6.07) is -0.290. The van der Waals surface area contributed by atoms with Crippen molar-refractivity contribution in [1.29, 1.82) is 0 Å². The van der Waals surface area contributed by atoms with Crippen molar-refractivity contribution in [2.75, 3.05) is 0 Å². The van der Waals surface area contributed by atoms with Gasteiger partial charge in [-0.2, -0.15) is 0 Å². The van der Waals surface area contributed by atoms with Gasteiger partial charge in [-0.3, -0.25) is 4.79 Å². The Kier molecular flexibility index (Phi) is 5.39. The molecule has 3 N–H and O–H groups in total. The van der Waals surface area contributed by atoms with E-state index >= 15 is 0 Å². The van der Waals surface area contributed by atoms with Gasteiger partial charge in [0.05, 0.1) is 6.04 Å². The minimum absolute atomic E-state index is 0.0962. The monoisotopic (exact) mass is 184 g/mol. The Morgan fingerprint density at radius 1 is 1.54 bits per heavy atom. The lowest BCUT2D eigenvalue weighted by atomic mass is 10.1. The summed E-state index contributed by atoms with van der Waals surface area (Å²) < 4.78 is 0. The van der Waals surface area contributed by atoms with Gasteiger partial charge in [0.1, 0.15) is 0 Å². The highest BCUT2D eigenvalue weighted by molar-refractivity contribution is 5.81. The van der Waals surface area contributed by atoms with Crippen LogP contribution in [0.25, 0.3) is 0 Å². The lowest BCUT2D eigenvalue weighted by Gasteiger charge is -2.19. The highest BCUT2D eigenvalue weighted by Crippen LogP contribution is 2.00. The fourth-order valence-corrected chi connectivity index (χ4v) is 0.785. The van der Waals surface area contributed by atoms with E-state index in [9.17, 15) is 4.79 Å². The highest BCUT2D eigenvalue weighted by atomic mass is 16.2. The quantitative estimate of drug-likeness (QED) is 0.627. The van der Waals surface area contributed by atoms with Crippen molar-refractivity contribution in [2.45, 2.75) is 39.3 Å². The average molecular weight is 184 g/mol. The normalized spacial score (nSPS) is 15.2. The molecule has 0 radical (unpaired) electrons. The zero-order valence-electron chi connectivity index (χ0n) is 8.71. The predicted molar refractivity (Wildman–Crippen MR) is 55.2 cm³/mol. The molecule has 0 aromatic rings. The van der Waals surface area contributed by atoms with Crippen molar-refractivity contribution in [1.82, 2.24) is 5.32 Å². The van der Waals surface area contributed by atoms with Gasteiger partial charge in [-0.25, -0.2) is 0 Å². The van der Waals surface area contributed by atoms with E-state index in [1.807, 2.05) is 6.92 Å². The molecule has 0 aliphatic carbocycles. The van der Waals surface area contributed by atoms with Crippen LogP contribution in [0.5, 0.6) is 0 Å². The van der Waals surface area contributed by atoms with Gasteiger partial charge in [0.2, 0.25) is 5.91 Å². The Balaban J connectivity index is 3.92. The van der Waals surface area contributed by atoms with Gasteiger partial charge in [0, 0.05) is 6.04 Å². The zero-order chi connectivity index (χ0) is 10.4. The maximum Gasteiger partial charge on any atom is 0.237 e. The smallest absolute Gasteiger partial charge is 0.237 e. The molecule has 0 aliphatic heterocycles. The van der Waals surface area contributed by atoms with E-state index in [0.717, 1.165) is 0 Å². The summed E-state index contributed by atoms with van der Waals surface area (Å²) in [5.41, 5.74) is 5.59. The summed E-state index contributed by atoms with van der Waals surface area (Å²) in [6.45, 7) is 9.63. The molecule has 0 aromatic heterocycles. The molecule has 2 unspecified atom stereocenters. The molecule has 76 valence electrons. The Hall–Kier alpha value is -0.830. The second kappa shape index (κ2) is 5.75. The number of rotatable bonds is 5. The van der Waals surface area contributed by atoms with Crippen molar-refractivity contribution in [3.8, 4) is 0 Å². The van der Waals surface area contributed by atoms with E-state index in [-0.39, 0.29) is 11.9 Å². The van der Waals surface area contributed by atoms with Crippen LogP contribution in [-0.2, 0) is 4.79 Å². The molecule has 1 amide bonds. The van der Waals surface area contributed by atoms with Crippen LogP contribution in [-0.4, -0.2) is 18.0 Å². The van der Waals surface area contributed by atoms with Crippen molar-refractivity contribution >= 4 is 5.91 Å². The molecule has 0 saturated heterocycles. The number of nitrogens with one attached hydrogen (secondary N) is 1. The van der Waals surface area contributed by atoms with Gasteiger partial charge < -0.3 is 11.1 Å². The van der Waals surface area contributed by atoms with Gasteiger partial charge >= 0.3 is 0 Å². The summed E-state index contributed by atoms with van der Waals surface area (Å²) in [6.07, 6.45) is 2.18. The largest absolute Gasteiger partial charge is 0.352 e. The Bertz CT molecular complexity index is 178. The van der Waals surface area contributed by atoms with Crippen LogP contribution in [0.3, 0.4) is 0 Å². The third kappa shape index (κ3) is 4.68. The standard InChI is InChI=1S/C10H20N2O/c1-5-6-9(11)10(13)12-8(4)7(2)3/h5,7-9H,1,6,11H2,2-4H3,(H,12,13). The van der Waals surface area contributed by atoms with Crippen LogP contribution in [0.2, 0.25) is 0 Å². The van der Waals surface area contributed by atoms with Gasteiger partial charge in [0.25, 0.3) is 0 Å². The minimum Gasteiger partial charge on any atom is -0.352 e. The molecule has 0 bridgehead atoms. The van der Waals surface area contributed by atoms with Gasteiger partial charge in [-0.05, 0) is 19.3 Å². The molecular weight excluding hydrogens is 164 g/mol. The number of hydrogen-bond acceptors (Lipinski definition) is 2. The van der Waals surface area contributed by atoms with Gasteiger partial charge in [0.15, 0.2) is 0 Å². The summed E-state index contributed by atoms with van der Waals surface area (Å²) in [5.74, 6) is 0.334. The van der Waals surface area contributed by atoms with E-state index in [1.54, 1.807) is 6.08 Å². The first-order valence-corrected chi connectivity index (χ1v) is 4.65. The van der Waals surface area contributed by atoms with E-state index in [0.29, 0.717) is 12.3 Å².